The van der Waals surface area contributed by atoms with Crippen LogP contribution in [-0.4, -0.2) is 41.3 Å². The Morgan fingerprint density at radius 1 is 1.50 bits per heavy atom. The Labute approximate surface area is 149 Å². The highest BCUT2D eigenvalue weighted by Gasteiger charge is 2.22. The lowest BCUT2D eigenvalue weighted by molar-refractivity contribution is -0.384. The molecule has 0 unspecified atom stereocenters. The van der Waals surface area contributed by atoms with Gasteiger partial charge in [-0.2, -0.15) is 11.8 Å². The summed E-state index contributed by atoms with van der Waals surface area (Å²) in [5.41, 5.74) is -0.132. The molecule has 0 heterocycles. The second-order valence-corrected chi connectivity index (χ2v) is 6.16. The van der Waals surface area contributed by atoms with Gasteiger partial charge in [-0.25, -0.2) is 0 Å². The first kappa shape index (κ1) is 20.0. The highest BCUT2D eigenvalue weighted by Crippen LogP contribution is 2.22. The van der Waals surface area contributed by atoms with Gasteiger partial charge < -0.3 is 10.6 Å². The van der Waals surface area contributed by atoms with Crippen LogP contribution in [0.2, 0.25) is 5.02 Å². The van der Waals surface area contributed by atoms with E-state index in [1.807, 2.05) is 6.26 Å². The molecule has 1 aromatic rings. The number of non-ortho nitro benzene ring substituents is 1. The third kappa shape index (κ3) is 5.86. The number of amides is 2. The van der Waals surface area contributed by atoms with E-state index < -0.39 is 16.9 Å². The Morgan fingerprint density at radius 2 is 2.21 bits per heavy atom. The molecule has 24 heavy (non-hydrogen) atoms. The molecule has 7 nitrogen and oxygen atoms in total. The van der Waals surface area contributed by atoms with Crippen molar-refractivity contribution in [3.8, 4) is 0 Å². The van der Waals surface area contributed by atoms with E-state index in [1.165, 1.54) is 12.1 Å². The maximum Gasteiger partial charge on any atom is 0.270 e. The van der Waals surface area contributed by atoms with Gasteiger partial charge in [0.05, 0.1) is 15.5 Å². The summed E-state index contributed by atoms with van der Waals surface area (Å²) in [6.45, 7) is 3.81. The number of nitro groups is 1. The minimum absolute atomic E-state index is 0.0446. The van der Waals surface area contributed by atoms with Crippen LogP contribution in [0, 0.1) is 10.1 Å². The molecule has 0 radical (unpaired) electrons. The van der Waals surface area contributed by atoms with Crippen molar-refractivity contribution in [2.45, 2.75) is 12.5 Å². The van der Waals surface area contributed by atoms with Gasteiger partial charge in [0, 0.05) is 18.7 Å². The minimum atomic E-state index is -0.726. The minimum Gasteiger partial charge on any atom is -0.351 e. The van der Waals surface area contributed by atoms with E-state index in [9.17, 15) is 19.7 Å². The van der Waals surface area contributed by atoms with Gasteiger partial charge in [0.25, 0.3) is 11.6 Å². The zero-order valence-corrected chi connectivity index (χ0v) is 14.7. The predicted molar refractivity (Wildman–Crippen MR) is 95.6 cm³/mol. The van der Waals surface area contributed by atoms with Crippen LogP contribution in [0.15, 0.2) is 30.9 Å². The molecule has 1 rings (SSSR count). The second kappa shape index (κ2) is 9.94. The highest BCUT2D eigenvalue weighted by atomic mass is 35.5. The number of hydrogen-bond acceptors (Lipinski definition) is 5. The van der Waals surface area contributed by atoms with Gasteiger partial charge >= 0.3 is 0 Å². The van der Waals surface area contributed by atoms with Crippen LogP contribution in [0.4, 0.5) is 5.69 Å². The SMILES string of the molecule is C=CCNC(=O)[C@@H](CCSC)NC(=O)c1ccc([N+](=O)[O-])cc1Cl. The second-order valence-electron chi connectivity index (χ2n) is 4.76. The van der Waals surface area contributed by atoms with Crippen molar-refractivity contribution in [1.29, 1.82) is 0 Å². The lowest BCUT2D eigenvalue weighted by Crippen LogP contribution is -2.47. The van der Waals surface area contributed by atoms with Gasteiger partial charge in [0.1, 0.15) is 6.04 Å². The highest BCUT2D eigenvalue weighted by molar-refractivity contribution is 7.98. The summed E-state index contributed by atoms with van der Waals surface area (Å²) in [5.74, 6) is -0.203. The van der Waals surface area contributed by atoms with E-state index in [4.69, 9.17) is 11.6 Å². The number of thioether (sulfide) groups is 1. The third-order valence-corrected chi connectivity index (χ3v) is 4.02. The van der Waals surface area contributed by atoms with Crippen LogP contribution in [0.5, 0.6) is 0 Å². The van der Waals surface area contributed by atoms with Gasteiger partial charge in [0.2, 0.25) is 5.91 Å². The van der Waals surface area contributed by atoms with Gasteiger partial charge in [-0.3, -0.25) is 19.7 Å². The molecule has 9 heteroatoms. The molecule has 2 amide bonds. The lowest BCUT2D eigenvalue weighted by Gasteiger charge is -2.18. The molecule has 0 aromatic heterocycles. The quantitative estimate of drug-likeness (QED) is 0.394. The van der Waals surface area contributed by atoms with Gasteiger partial charge in [0.15, 0.2) is 0 Å². The Kier molecular flexibility index (Phi) is 8.28. The summed E-state index contributed by atoms with van der Waals surface area (Å²) in [6.07, 6.45) is 3.88. The maximum absolute atomic E-state index is 12.3. The first-order valence-corrected chi connectivity index (χ1v) is 8.80. The largest absolute Gasteiger partial charge is 0.351 e. The number of nitro benzene ring substituents is 1. The van der Waals surface area contributed by atoms with Crippen LogP contribution >= 0.6 is 23.4 Å². The van der Waals surface area contributed by atoms with Crippen molar-refractivity contribution in [1.82, 2.24) is 10.6 Å². The summed E-state index contributed by atoms with van der Waals surface area (Å²) in [5, 5.41) is 15.9. The smallest absolute Gasteiger partial charge is 0.270 e. The standard InChI is InChI=1S/C15H18ClN3O4S/c1-3-7-17-15(21)13(6-8-24-2)18-14(20)11-5-4-10(19(22)23)9-12(11)16/h3-5,9,13H,1,6-8H2,2H3,(H,17,21)(H,18,20)/t13-/m1/s1. The van der Waals surface area contributed by atoms with Gasteiger partial charge in [-0.15, -0.1) is 6.58 Å². The first-order valence-electron chi connectivity index (χ1n) is 7.03. The van der Waals surface area contributed by atoms with E-state index in [-0.39, 0.29) is 22.2 Å². The summed E-state index contributed by atoms with van der Waals surface area (Å²) in [7, 11) is 0. The molecule has 130 valence electrons. The molecule has 0 fully saturated rings. The van der Waals surface area contributed by atoms with E-state index in [2.05, 4.69) is 17.2 Å². The number of carbonyl (C=O) groups excluding carboxylic acids is 2. The molecule has 0 aliphatic heterocycles. The zero-order chi connectivity index (χ0) is 18.1. The first-order chi connectivity index (χ1) is 11.4. The Bertz CT molecular complexity index is 639. The van der Waals surface area contributed by atoms with Crippen molar-refractivity contribution in [2.75, 3.05) is 18.6 Å². The number of benzene rings is 1. The molecule has 0 aliphatic rings. The van der Waals surface area contributed by atoms with E-state index in [0.717, 1.165) is 6.07 Å². The molecular formula is C15H18ClN3O4S. The fourth-order valence-electron chi connectivity index (χ4n) is 1.84. The Hall–Kier alpha value is -2.06. The molecule has 0 saturated carbocycles. The fraction of sp³-hybridized carbons (Fsp3) is 0.333. The molecule has 0 spiro atoms. The summed E-state index contributed by atoms with van der Waals surface area (Å²) >= 11 is 7.49. The van der Waals surface area contributed by atoms with Gasteiger partial charge in [-0.1, -0.05) is 17.7 Å². The number of hydrogen-bond donors (Lipinski definition) is 2. The van der Waals surface area contributed by atoms with E-state index in [1.54, 1.807) is 17.8 Å². The normalized spacial score (nSPS) is 11.4. The number of rotatable bonds is 9. The monoisotopic (exact) mass is 371 g/mol. The van der Waals surface area contributed by atoms with Crippen molar-refractivity contribution in [3.05, 3.63) is 51.6 Å². The molecule has 1 aromatic carbocycles. The number of nitrogens with one attached hydrogen (secondary N) is 2. The number of carbonyl (C=O) groups is 2. The van der Waals surface area contributed by atoms with Crippen molar-refractivity contribution in [2.24, 2.45) is 0 Å². The third-order valence-electron chi connectivity index (χ3n) is 3.06. The number of halogens is 1. The van der Waals surface area contributed by atoms with Crippen LogP contribution in [-0.2, 0) is 4.79 Å². The van der Waals surface area contributed by atoms with Crippen molar-refractivity contribution >= 4 is 40.9 Å². The van der Waals surface area contributed by atoms with Crippen molar-refractivity contribution in [3.63, 3.8) is 0 Å². The van der Waals surface area contributed by atoms with Crippen LogP contribution < -0.4 is 10.6 Å². The molecular weight excluding hydrogens is 354 g/mol. The van der Waals surface area contributed by atoms with Gasteiger partial charge in [-0.05, 0) is 24.5 Å². The van der Waals surface area contributed by atoms with Crippen LogP contribution in [0.3, 0.4) is 0 Å². The van der Waals surface area contributed by atoms with E-state index >= 15 is 0 Å². The topological polar surface area (TPSA) is 101 Å². The Balaban J connectivity index is 2.88. The maximum atomic E-state index is 12.3. The molecule has 2 N–H and O–H groups in total. The summed E-state index contributed by atoms with van der Waals surface area (Å²) < 4.78 is 0. The molecule has 0 aliphatic carbocycles. The molecule has 1 atom stereocenters. The van der Waals surface area contributed by atoms with Crippen LogP contribution in [0.1, 0.15) is 16.8 Å². The van der Waals surface area contributed by atoms with Crippen molar-refractivity contribution < 1.29 is 14.5 Å². The summed E-state index contributed by atoms with van der Waals surface area (Å²) in [4.78, 5) is 34.5. The predicted octanol–water partition coefficient (Wildman–Crippen LogP) is 2.40. The number of nitrogens with zero attached hydrogens (tertiary/aromatic N) is 1. The fourth-order valence-corrected chi connectivity index (χ4v) is 2.57. The summed E-state index contributed by atoms with van der Waals surface area (Å²) in [6, 6.07) is 2.83. The average molecular weight is 372 g/mol. The molecule has 0 bridgehead atoms. The average Bonchev–Trinajstić information content (AvgIpc) is 2.55. The van der Waals surface area contributed by atoms with E-state index in [0.29, 0.717) is 18.7 Å². The Morgan fingerprint density at radius 3 is 2.75 bits per heavy atom. The molecule has 0 saturated heterocycles. The lowest BCUT2D eigenvalue weighted by atomic mass is 10.1. The zero-order valence-electron chi connectivity index (χ0n) is 13.1. The van der Waals surface area contributed by atoms with Crippen LogP contribution in [0.25, 0.3) is 0 Å².